The average Bonchev–Trinajstić information content (AvgIpc) is 2.03. The maximum Gasteiger partial charge on any atom is 0.0894 e. The summed E-state index contributed by atoms with van der Waals surface area (Å²) in [7, 11) is 0. The van der Waals surface area contributed by atoms with Crippen molar-refractivity contribution in [3.8, 4) is 0 Å². The Morgan fingerprint density at radius 3 is 2.58 bits per heavy atom. The monoisotopic (exact) mass is 177 g/mol. The number of rotatable bonds is 7. The Morgan fingerprint density at radius 2 is 2.08 bits per heavy atom. The lowest BCUT2D eigenvalue weighted by atomic mass is 10.4. The molecule has 0 saturated carbocycles. The number of hydrogen-bond donors (Lipinski definition) is 3. The lowest BCUT2D eigenvalue weighted by molar-refractivity contribution is 0.0709. The van der Waals surface area contributed by atoms with Gasteiger partial charge in [-0.1, -0.05) is 0 Å². The lowest BCUT2D eigenvalue weighted by Crippen LogP contribution is -2.31. The predicted octanol–water partition coefficient (Wildman–Crippen LogP) is -0.646. The standard InChI is InChI=1S/C8H19NO3/c1-7(2)12-4-3-9-5-8(11)6-10/h7-11H,3-6H2,1-2H3/t8-/m0/s1. The Morgan fingerprint density at radius 1 is 1.42 bits per heavy atom. The van der Waals surface area contributed by atoms with Crippen LogP contribution in [0.2, 0.25) is 0 Å². The van der Waals surface area contributed by atoms with E-state index in [1.54, 1.807) is 0 Å². The van der Waals surface area contributed by atoms with Crippen LogP contribution in [0.4, 0.5) is 0 Å². The molecule has 12 heavy (non-hydrogen) atoms. The molecule has 0 heterocycles. The first kappa shape index (κ1) is 11.8. The topological polar surface area (TPSA) is 61.7 Å². The van der Waals surface area contributed by atoms with Gasteiger partial charge in [-0.2, -0.15) is 0 Å². The van der Waals surface area contributed by atoms with E-state index in [0.717, 1.165) is 0 Å². The van der Waals surface area contributed by atoms with E-state index in [-0.39, 0.29) is 12.7 Å². The molecule has 0 bridgehead atoms. The van der Waals surface area contributed by atoms with Gasteiger partial charge in [0.1, 0.15) is 0 Å². The largest absolute Gasteiger partial charge is 0.394 e. The summed E-state index contributed by atoms with van der Waals surface area (Å²) in [5, 5.41) is 20.3. The molecule has 0 radical (unpaired) electrons. The second-order valence-electron chi connectivity index (χ2n) is 2.96. The summed E-state index contributed by atoms with van der Waals surface area (Å²) in [5.74, 6) is 0. The molecule has 0 aromatic carbocycles. The number of aliphatic hydroxyl groups is 2. The second kappa shape index (κ2) is 7.49. The third-order valence-electron chi connectivity index (χ3n) is 1.32. The van der Waals surface area contributed by atoms with Crippen LogP contribution in [0, 0.1) is 0 Å². The number of nitrogens with one attached hydrogen (secondary N) is 1. The van der Waals surface area contributed by atoms with Crippen molar-refractivity contribution in [1.29, 1.82) is 0 Å². The molecule has 0 rings (SSSR count). The van der Waals surface area contributed by atoms with E-state index in [4.69, 9.17) is 14.9 Å². The van der Waals surface area contributed by atoms with E-state index < -0.39 is 6.10 Å². The summed E-state index contributed by atoms with van der Waals surface area (Å²) < 4.78 is 5.25. The Hall–Kier alpha value is -0.160. The summed E-state index contributed by atoms with van der Waals surface area (Å²) in [4.78, 5) is 0. The van der Waals surface area contributed by atoms with Gasteiger partial charge in [0.2, 0.25) is 0 Å². The minimum absolute atomic E-state index is 0.196. The van der Waals surface area contributed by atoms with Crippen molar-refractivity contribution < 1.29 is 14.9 Å². The SMILES string of the molecule is CC(C)OCCNC[C@H](O)CO. The fourth-order valence-corrected chi connectivity index (χ4v) is 0.700. The third kappa shape index (κ3) is 7.94. The summed E-state index contributed by atoms with van der Waals surface area (Å²) in [5.41, 5.74) is 0. The third-order valence-corrected chi connectivity index (χ3v) is 1.32. The fourth-order valence-electron chi connectivity index (χ4n) is 0.700. The van der Waals surface area contributed by atoms with Crippen molar-refractivity contribution in [3.63, 3.8) is 0 Å². The first-order valence-corrected chi connectivity index (χ1v) is 4.28. The maximum absolute atomic E-state index is 8.91. The van der Waals surface area contributed by atoms with E-state index in [1.165, 1.54) is 0 Å². The minimum atomic E-state index is -0.663. The molecule has 3 N–H and O–H groups in total. The lowest BCUT2D eigenvalue weighted by Gasteiger charge is -2.10. The van der Waals surface area contributed by atoms with Gasteiger partial charge in [-0.15, -0.1) is 0 Å². The molecule has 0 aliphatic carbocycles. The summed E-state index contributed by atoms with van der Waals surface area (Å²) in [6.45, 7) is 5.51. The molecule has 4 nitrogen and oxygen atoms in total. The van der Waals surface area contributed by atoms with Gasteiger partial charge in [0.05, 0.1) is 25.4 Å². The van der Waals surface area contributed by atoms with E-state index >= 15 is 0 Å². The van der Waals surface area contributed by atoms with Gasteiger partial charge in [0.25, 0.3) is 0 Å². The smallest absolute Gasteiger partial charge is 0.0894 e. The van der Waals surface area contributed by atoms with Gasteiger partial charge < -0.3 is 20.3 Å². The van der Waals surface area contributed by atoms with Crippen molar-refractivity contribution in [2.75, 3.05) is 26.3 Å². The van der Waals surface area contributed by atoms with Gasteiger partial charge >= 0.3 is 0 Å². The first-order chi connectivity index (χ1) is 5.66. The summed E-state index contributed by atoms with van der Waals surface area (Å²) in [6.07, 6.45) is -0.418. The molecule has 0 spiro atoms. The van der Waals surface area contributed by atoms with Crippen molar-refractivity contribution >= 4 is 0 Å². The highest BCUT2D eigenvalue weighted by atomic mass is 16.5. The molecular weight excluding hydrogens is 158 g/mol. The molecule has 0 aromatic rings. The molecule has 1 atom stereocenters. The Bertz CT molecular complexity index is 98.3. The van der Waals surface area contributed by atoms with Gasteiger partial charge in [-0.3, -0.25) is 0 Å². The Kier molecular flexibility index (Phi) is 7.39. The highest BCUT2D eigenvalue weighted by Crippen LogP contribution is 1.85. The quantitative estimate of drug-likeness (QED) is 0.452. The van der Waals surface area contributed by atoms with Crippen molar-refractivity contribution in [2.45, 2.75) is 26.1 Å². The molecule has 4 heteroatoms. The maximum atomic E-state index is 8.91. The number of aliphatic hydroxyl groups excluding tert-OH is 2. The normalized spacial score (nSPS) is 13.8. The Balaban J connectivity index is 3.00. The molecular formula is C8H19NO3. The van der Waals surface area contributed by atoms with Crippen LogP contribution >= 0.6 is 0 Å². The van der Waals surface area contributed by atoms with Crippen LogP contribution in [0.25, 0.3) is 0 Å². The van der Waals surface area contributed by atoms with Gasteiger partial charge in [-0.25, -0.2) is 0 Å². The molecule has 0 fully saturated rings. The van der Waals surface area contributed by atoms with Crippen molar-refractivity contribution in [3.05, 3.63) is 0 Å². The second-order valence-corrected chi connectivity index (χ2v) is 2.96. The predicted molar refractivity (Wildman–Crippen MR) is 47.1 cm³/mol. The highest BCUT2D eigenvalue weighted by molar-refractivity contribution is 4.56. The van der Waals surface area contributed by atoms with Crippen LogP contribution in [-0.4, -0.2) is 48.7 Å². The highest BCUT2D eigenvalue weighted by Gasteiger charge is 1.99. The summed E-state index contributed by atoms with van der Waals surface area (Å²) in [6, 6.07) is 0. The van der Waals surface area contributed by atoms with Crippen molar-refractivity contribution in [2.24, 2.45) is 0 Å². The molecule has 74 valence electrons. The first-order valence-electron chi connectivity index (χ1n) is 4.28. The zero-order valence-corrected chi connectivity index (χ0v) is 7.79. The van der Waals surface area contributed by atoms with E-state index in [0.29, 0.717) is 19.7 Å². The zero-order chi connectivity index (χ0) is 9.40. The zero-order valence-electron chi connectivity index (χ0n) is 7.79. The molecule has 0 amide bonds. The molecule has 0 aliphatic heterocycles. The fraction of sp³-hybridized carbons (Fsp3) is 1.00. The van der Waals surface area contributed by atoms with Crippen LogP contribution in [0.1, 0.15) is 13.8 Å². The van der Waals surface area contributed by atoms with Crippen molar-refractivity contribution in [1.82, 2.24) is 5.32 Å². The minimum Gasteiger partial charge on any atom is -0.394 e. The molecule has 0 saturated heterocycles. The number of hydrogen-bond acceptors (Lipinski definition) is 4. The van der Waals surface area contributed by atoms with Crippen LogP contribution in [0.15, 0.2) is 0 Å². The molecule has 0 unspecified atom stereocenters. The van der Waals surface area contributed by atoms with E-state index in [9.17, 15) is 0 Å². The van der Waals surface area contributed by atoms with E-state index in [2.05, 4.69) is 5.32 Å². The van der Waals surface area contributed by atoms with Gasteiger partial charge in [-0.05, 0) is 13.8 Å². The van der Waals surface area contributed by atoms with Gasteiger partial charge in [0.15, 0.2) is 0 Å². The van der Waals surface area contributed by atoms with E-state index in [1.807, 2.05) is 13.8 Å². The Labute approximate surface area is 73.5 Å². The average molecular weight is 177 g/mol. The van der Waals surface area contributed by atoms with Crippen LogP contribution < -0.4 is 5.32 Å². The number of ether oxygens (including phenoxy) is 1. The van der Waals surface area contributed by atoms with Crippen LogP contribution in [0.5, 0.6) is 0 Å². The van der Waals surface area contributed by atoms with Crippen LogP contribution in [-0.2, 0) is 4.74 Å². The van der Waals surface area contributed by atoms with Crippen LogP contribution in [0.3, 0.4) is 0 Å². The summed E-state index contributed by atoms with van der Waals surface area (Å²) >= 11 is 0. The molecule has 0 aliphatic rings. The van der Waals surface area contributed by atoms with Gasteiger partial charge in [0, 0.05) is 13.1 Å². The molecule has 0 aromatic heterocycles.